The van der Waals surface area contributed by atoms with Gasteiger partial charge in [0.2, 0.25) is 0 Å². The highest BCUT2D eigenvalue weighted by atomic mass is 16.6. The lowest BCUT2D eigenvalue weighted by atomic mass is 9.49. The highest BCUT2D eigenvalue weighted by molar-refractivity contribution is 5.81. The number of carbonyl (C=O) groups is 2. The van der Waals surface area contributed by atoms with Crippen LogP contribution in [0.3, 0.4) is 0 Å². The van der Waals surface area contributed by atoms with E-state index in [0.29, 0.717) is 18.4 Å². The molecule has 1 saturated carbocycles. The Balaban J connectivity index is 1.36. The quantitative estimate of drug-likeness (QED) is 0.284. The van der Waals surface area contributed by atoms with Crippen LogP contribution in [-0.2, 0) is 32.6 Å². The highest BCUT2D eigenvalue weighted by Gasteiger charge is 2.51. The summed E-state index contributed by atoms with van der Waals surface area (Å²) in [6, 6.07) is 13.1. The first kappa shape index (κ1) is 26.8. The van der Waals surface area contributed by atoms with Gasteiger partial charge in [0.25, 0.3) is 11.6 Å². The summed E-state index contributed by atoms with van der Waals surface area (Å²) < 4.78 is 5.15. The Morgan fingerprint density at radius 3 is 2.65 bits per heavy atom. The van der Waals surface area contributed by atoms with Gasteiger partial charge in [-0.3, -0.25) is 19.7 Å². The SMILES string of the molecule is CC(C)c1ccc2c(c1)CCC1C(C)(CNC(=O)COC(=O)Cc3ccccc3[N+](=O)[O-])CCCC21C. The third-order valence-electron chi connectivity index (χ3n) is 8.74. The second-order valence-corrected chi connectivity index (χ2v) is 11.6. The van der Waals surface area contributed by atoms with Gasteiger partial charge in [-0.2, -0.15) is 0 Å². The fraction of sp³-hybridized carbons (Fsp3) is 0.533. The first-order valence-electron chi connectivity index (χ1n) is 13.3. The second kappa shape index (κ2) is 10.6. The number of amides is 1. The summed E-state index contributed by atoms with van der Waals surface area (Å²) >= 11 is 0. The number of nitro benzene ring substituents is 1. The van der Waals surface area contributed by atoms with Gasteiger partial charge in [0.15, 0.2) is 6.61 Å². The highest BCUT2D eigenvalue weighted by Crippen LogP contribution is 2.57. The molecule has 0 spiro atoms. The van der Waals surface area contributed by atoms with Crippen LogP contribution < -0.4 is 5.32 Å². The van der Waals surface area contributed by atoms with Crippen molar-refractivity contribution in [1.29, 1.82) is 0 Å². The number of rotatable bonds is 8. The smallest absolute Gasteiger partial charge is 0.311 e. The number of esters is 1. The van der Waals surface area contributed by atoms with E-state index in [1.54, 1.807) is 12.1 Å². The van der Waals surface area contributed by atoms with Crippen molar-refractivity contribution in [2.45, 2.75) is 77.6 Å². The molecule has 1 amide bonds. The molecule has 0 radical (unpaired) electrons. The number of nitro groups is 1. The van der Waals surface area contributed by atoms with Gasteiger partial charge >= 0.3 is 5.97 Å². The van der Waals surface area contributed by atoms with Crippen molar-refractivity contribution in [3.05, 3.63) is 74.8 Å². The van der Waals surface area contributed by atoms with Crippen LogP contribution in [0.4, 0.5) is 5.69 Å². The van der Waals surface area contributed by atoms with Crippen LogP contribution in [0.1, 0.15) is 81.5 Å². The topological polar surface area (TPSA) is 98.5 Å². The van der Waals surface area contributed by atoms with E-state index >= 15 is 0 Å². The zero-order chi connectivity index (χ0) is 26.8. The van der Waals surface area contributed by atoms with Crippen LogP contribution in [0, 0.1) is 21.4 Å². The average molecular weight is 507 g/mol. The molecular formula is C30H38N2O5. The molecule has 2 aromatic carbocycles. The van der Waals surface area contributed by atoms with Crippen LogP contribution in [0.2, 0.25) is 0 Å². The number of aryl methyl sites for hydroxylation is 1. The number of hydrogen-bond donors (Lipinski definition) is 1. The van der Waals surface area contributed by atoms with Gasteiger partial charge in [0.05, 0.1) is 11.3 Å². The first-order chi connectivity index (χ1) is 17.5. The molecule has 0 aromatic heterocycles. The molecule has 0 aliphatic heterocycles. The molecule has 7 heteroatoms. The number of nitrogens with zero attached hydrogens (tertiary/aromatic N) is 1. The maximum Gasteiger partial charge on any atom is 0.311 e. The Morgan fingerprint density at radius 1 is 1.16 bits per heavy atom. The normalized spacial score (nSPS) is 24.6. The summed E-state index contributed by atoms with van der Waals surface area (Å²) in [5, 5.41) is 14.2. The Kier molecular flexibility index (Phi) is 7.72. The molecule has 198 valence electrons. The molecule has 3 atom stereocenters. The molecule has 1 N–H and O–H groups in total. The zero-order valence-electron chi connectivity index (χ0n) is 22.3. The van der Waals surface area contributed by atoms with Crippen LogP contribution in [0.25, 0.3) is 0 Å². The third-order valence-corrected chi connectivity index (χ3v) is 8.74. The predicted octanol–water partition coefficient (Wildman–Crippen LogP) is 5.63. The van der Waals surface area contributed by atoms with Crippen molar-refractivity contribution < 1.29 is 19.2 Å². The number of carbonyl (C=O) groups excluding carboxylic acids is 2. The lowest BCUT2D eigenvalue weighted by molar-refractivity contribution is -0.385. The van der Waals surface area contributed by atoms with E-state index in [9.17, 15) is 19.7 Å². The van der Waals surface area contributed by atoms with Gasteiger partial charge in [-0.25, -0.2) is 0 Å². The fourth-order valence-electron chi connectivity index (χ4n) is 6.76. The molecule has 4 rings (SSSR count). The first-order valence-corrected chi connectivity index (χ1v) is 13.3. The monoisotopic (exact) mass is 506 g/mol. The van der Waals surface area contributed by atoms with Crippen LogP contribution in [0.5, 0.6) is 0 Å². The Labute approximate surface area is 219 Å². The van der Waals surface area contributed by atoms with E-state index in [-0.39, 0.29) is 34.4 Å². The molecule has 0 bridgehead atoms. The number of hydrogen-bond acceptors (Lipinski definition) is 5. The minimum absolute atomic E-state index is 0.0499. The number of ether oxygens (including phenoxy) is 1. The molecule has 3 unspecified atom stereocenters. The van der Waals surface area contributed by atoms with E-state index in [1.165, 1.54) is 28.8 Å². The van der Waals surface area contributed by atoms with Crippen LogP contribution >= 0.6 is 0 Å². The Hall–Kier alpha value is -3.22. The van der Waals surface area contributed by atoms with Gasteiger partial charge in [0.1, 0.15) is 0 Å². The van der Waals surface area contributed by atoms with E-state index in [4.69, 9.17) is 4.74 Å². The molecule has 1 fully saturated rings. The molecule has 0 heterocycles. The molecule has 2 aliphatic carbocycles. The van der Waals surface area contributed by atoms with Gasteiger partial charge in [-0.1, -0.05) is 70.5 Å². The van der Waals surface area contributed by atoms with Crippen LogP contribution in [0.15, 0.2) is 42.5 Å². The minimum Gasteiger partial charge on any atom is -0.455 e. The van der Waals surface area contributed by atoms with Crippen molar-refractivity contribution >= 4 is 17.6 Å². The molecule has 2 aliphatic rings. The zero-order valence-corrected chi connectivity index (χ0v) is 22.3. The van der Waals surface area contributed by atoms with Crippen molar-refractivity contribution in [2.24, 2.45) is 11.3 Å². The molecular weight excluding hydrogens is 468 g/mol. The summed E-state index contributed by atoms with van der Waals surface area (Å²) in [6.07, 6.45) is 5.21. The number of nitrogens with one attached hydrogen (secondary N) is 1. The maximum absolute atomic E-state index is 12.6. The van der Waals surface area contributed by atoms with Crippen LogP contribution in [-0.4, -0.2) is 30.0 Å². The molecule has 37 heavy (non-hydrogen) atoms. The van der Waals surface area contributed by atoms with Gasteiger partial charge in [0, 0.05) is 18.2 Å². The summed E-state index contributed by atoms with van der Waals surface area (Å²) in [5.41, 5.74) is 4.50. The Bertz CT molecular complexity index is 1190. The fourth-order valence-corrected chi connectivity index (χ4v) is 6.76. The molecule has 0 saturated heterocycles. The standard InChI is InChI=1S/C30H38N2O5/c1-20(2)21-10-12-24-22(16-21)11-13-26-29(3,14-7-15-30(24,26)4)19-31-27(33)18-37-28(34)17-23-8-5-6-9-25(23)32(35)36/h5-6,8-10,12,16,20,26H,7,11,13-15,17-19H2,1-4H3,(H,31,33). The van der Waals surface area contributed by atoms with Crippen molar-refractivity contribution in [2.75, 3.05) is 13.2 Å². The van der Waals surface area contributed by atoms with Crippen molar-refractivity contribution in [3.63, 3.8) is 0 Å². The molecule has 7 nitrogen and oxygen atoms in total. The summed E-state index contributed by atoms with van der Waals surface area (Å²) in [5.74, 6) is -0.0417. The number of para-hydroxylation sites is 1. The van der Waals surface area contributed by atoms with Gasteiger partial charge < -0.3 is 10.1 Å². The van der Waals surface area contributed by atoms with Crippen molar-refractivity contribution in [1.82, 2.24) is 5.32 Å². The van der Waals surface area contributed by atoms with E-state index in [2.05, 4.69) is 51.2 Å². The minimum atomic E-state index is -0.662. The lowest BCUT2D eigenvalue weighted by Crippen LogP contribution is -2.53. The van der Waals surface area contributed by atoms with E-state index < -0.39 is 17.5 Å². The van der Waals surface area contributed by atoms with E-state index in [1.807, 2.05) is 0 Å². The van der Waals surface area contributed by atoms with E-state index in [0.717, 1.165) is 32.1 Å². The van der Waals surface area contributed by atoms with Gasteiger partial charge in [-0.15, -0.1) is 0 Å². The summed E-state index contributed by atoms with van der Waals surface area (Å²) in [6.45, 7) is 9.29. The Morgan fingerprint density at radius 2 is 1.92 bits per heavy atom. The number of fused-ring (bicyclic) bond motifs is 3. The van der Waals surface area contributed by atoms with Gasteiger partial charge in [-0.05, 0) is 65.0 Å². The largest absolute Gasteiger partial charge is 0.455 e. The second-order valence-electron chi connectivity index (χ2n) is 11.6. The molecule has 2 aromatic rings. The number of benzene rings is 2. The summed E-state index contributed by atoms with van der Waals surface area (Å²) in [7, 11) is 0. The summed E-state index contributed by atoms with van der Waals surface area (Å²) in [4.78, 5) is 35.5. The average Bonchev–Trinajstić information content (AvgIpc) is 2.86. The predicted molar refractivity (Wildman–Crippen MR) is 142 cm³/mol. The van der Waals surface area contributed by atoms with Crippen molar-refractivity contribution in [3.8, 4) is 0 Å². The lowest BCUT2D eigenvalue weighted by Gasteiger charge is -2.55. The third kappa shape index (κ3) is 5.55. The maximum atomic E-state index is 12.6.